The van der Waals surface area contributed by atoms with E-state index in [2.05, 4.69) is 6.58 Å². The zero-order chi connectivity index (χ0) is 14.0. The summed E-state index contributed by atoms with van der Waals surface area (Å²) >= 11 is 0. The minimum Gasteiger partial charge on any atom is -0.454 e. The second-order valence-corrected chi connectivity index (χ2v) is 5.22. The Morgan fingerprint density at radius 2 is 2.26 bits per heavy atom. The highest BCUT2D eigenvalue weighted by atomic mass is 16.6. The van der Waals surface area contributed by atoms with Gasteiger partial charge in [0, 0.05) is 11.5 Å². The van der Waals surface area contributed by atoms with Crippen LogP contribution in [0.4, 0.5) is 0 Å². The molecule has 0 aromatic heterocycles. The molecule has 2 aliphatic rings. The molecule has 104 valence electrons. The van der Waals surface area contributed by atoms with Crippen LogP contribution < -0.4 is 0 Å². The molecule has 4 nitrogen and oxygen atoms in total. The smallest absolute Gasteiger partial charge is 0.334 e. The van der Waals surface area contributed by atoms with Crippen LogP contribution in [-0.4, -0.2) is 35.0 Å². The van der Waals surface area contributed by atoms with Crippen molar-refractivity contribution in [1.29, 1.82) is 0 Å². The van der Waals surface area contributed by atoms with Gasteiger partial charge >= 0.3 is 5.97 Å². The molecule has 1 aliphatic heterocycles. The molecular formula is C15H20O4. The molecule has 1 saturated heterocycles. The summed E-state index contributed by atoms with van der Waals surface area (Å²) in [6.07, 6.45) is 4.68. The summed E-state index contributed by atoms with van der Waals surface area (Å²) in [6, 6.07) is 0. The maximum absolute atomic E-state index is 11.6. The molecule has 1 fully saturated rings. The van der Waals surface area contributed by atoms with Gasteiger partial charge in [0.05, 0.1) is 12.7 Å². The monoisotopic (exact) mass is 264 g/mol. The molecule has 0 amide bonds. The van der Waals surface area contributed by atoms with Crippen LogP contribution in [0.2, 0.25) is 0 Å². The Morgan fingerprint density at radius 3 is 2.95 bits per heavy atom. The van der Waals surface area contributed by atoms with Crippen LogP contribution in [0.1, 0.15) is 26.2 Å². The summed E-state index contributed by atoms with van der Waals surface area (Å²) in [5, 5.41) is 19.5. The van der Waals surface area contributed by atoms with Crippen molar-refractivity contribution in [2.75, 3.05) is 6.61 Å². The van der Waals surface area contributed by atoms with E-state index >= 15 is 0 Å². The predicted octanol–water partition coefficient (Wildman–Crippen LogP) is 1.49. The van der Waals surface area contributed by atoms with Gasteiger partial charge < -0.3 is 14.9 Å². The molecule has 2 rings (SSSR count). The molecule has 0 aromatic rings. The van der Waals surface area contributed by atoms with Gasteiger partial charge in [0.2, 0.25) is 0 Å². The lowest BCUT2D eigenvalue weighted by molar-refractivity contribution is -0.137. The normalized spacial score (nSPS) is 37.7. The topological polar surface area (TPSA) is 66.8 Å². The van der Waals surface area contributed by atoms with Crippen molar-refractivity contribution in [2.24, 2.45) is 5.92 Å². The number of rotatable bonds is 1. The second kappa shape index (κ2) is 5.72. The summed E-state index contributed by atoms with van der Waals surface area (Å²) in [4.78, 5) is 11.6. The summed E-state index contributed by atoms with van der Waals surface area (Å²) < 4.78 is 5.27. The number of aliphatic hydroxyl groups is 2. The van der Waals surface area contributed by atoms with Crippen molar-refractivity contribution in [3.63, 3.8) is 0 Å². The number of fused-ring (bicyclic) bond motifs is 1. The summed E-state index contributed by atoms with van der Waals surface area (Å²) in [5.74, 6) is -0.623. The third-order valence-corrected chi connectivity index (χ3v) is 3.89. The average molecular weight is 264 g/mol. The number of hydrogen-bond donors (Lipinski definition) is 2. The van der Waals surface area contributed by atoms with Gasteiger partial charge in [0.25, 0.3) is 0 Å². The molecule has 3 atom stereocenters. The predicted molar refractivity (Wildman–Crippen MR) is 71.3 cm³/mol. The summed E-state index contributed by atoms with van der Waals surface area (Å²) in [7, 11) is 0. The van der Waals surface area contributed by atoms with E-state index < -0.39 is 18.2 Å². The minimum absolute atomic E-state index is 0.0390. The van der Waals surface area contributed by atoms with Gasteiger partial charge in [-0.1, -0.05) is 12.7 Å². The van der Waals surface area contributed by atoms with Crippen LogP contribution in [0, 0.1) is 5.92 Å². The molecule has 2 N–H and O–H groups in total. The van der Waals surface area contributed by atoms with Gasteiger partial charge in [-0.2, -0.15) is 0 Å². The molecule has 0 bridgehead atoms. The lowest BCUT2D eigenvalue weighted by Crippen LogP contribution is -2.23. The first-order valence-electron chi connectivity index (χ1n) is 6.58. The Kier molecular flexibility index (Phi) is 4.22. The van der Waals surface area contributed by atoms with E-state index in [0.29, 0.717) is 18.4 Å². The van der Waals surface area contributed by atoms with Crippen LogP contribution >= 0.6 is 0 Å². The van der Waals surface area contributed by atoms with Crippen LogP contribution in [0.5, 0.6) is 0 Å². The SMILES string of the molecule is C=C1C(=O)O[C@@H]2/C=C(/CO)CC/C=C(\C)[C@@H](O)C[C@@H]12. The molecule has 19 heavy (non-hydrogen) atoms. The fourth-order valence-electron chi connectivity index (χ4n) is 2.55. The molecule has 0 radical (unpaired) electrons. The van der Waals surface area contributed by atoms with Crippen molar-refractivity contribution in [3.05, 3.63) is 35.5 Å². The number of carbonyl (C=O) groups excluding carboxylic acids is 1. The van der Waals surface area contributed by atoms with Crippen molar-refractivity contribution in [3.8, 4) is 0 Å². The van der Waals surface area contributed by atoms with Gasteiger partial charge in [-0.15, -0.1) is 0 Å². The van der Waals surface area contributed by atoms with Crippen molar-refractivity contribution in [2.45, 2.75) is 38.4 Å². The Balaban J connectivity index is 2.31. The zero-order valence-corrected chi connectivity index (χ0v) is 11.1. The standard InChI is InChI=1S/C15H20O4/c1-9-4-3-5-11(8-16)6-14-12(7-13(9)17)10(2)15(18)19-14/h4,6,12-14,16-17H,2-3,5,7-8H2,1H3/b9-4+,11-6+/t12-,13-,14+/m0/s1. The second-order valence-electron chi connectivity index (χ2n) is 5.22. The average Bonchev–Trinajstić information content (AvgIpc) is 2.64. The maximum Gasteiger partial charge on any atom is 0.334 e. The van der Waals surface area contributed by atoms with Gasteiger partial charge in [-0.25, -0.2) is 4.79 Å². The fraction of sp³-hybridized carbons (Fsp3) is 0.533. The molecule has 0 saturated carbocycles. The van der Waals surface area contributed by atoms with Crippen molar-refractivity contribution >= 4 is 5.97 Å². The Hall–Kier alpha value is -1.39. The Morgan fingerprint density at radius 1 is 1.53 bits per heavy atom. The first kappa shape index (κ1) is 14.0. The van der Waals surface area contributed by atoms with E-state index in [9.17, 15) is 15.0 Å². The highest BCUT2D eigenvalue weighted by Gasteiger charge is 2.38. The quantitative estimate of drug-likeness (QED) is 0.428. The van der Waals surface area contributed by atoms with E-state index in [4.69, 9.17) is 4.74 Å². The summed E-state index contributed by atoms with van der Waals surface area (Å²) in [6.45, 7) is 5.60. The van der Waals surface area contributed by atoms with Crippen LogP contribution in [0.15, 0.2) is 35.5 Å². The molecule has 1 heterocycles. The highest BCUT2D eigenvalue weighted by molar-refractivity contribution is 5.91. The summed E-state index contributed by atoms with van der Waals surface area (Å²) in [5.41, 5.74) is 2.16. The maximum atomic E-state index is 11.6. The fourth-order valence-corrected chi connectivity index (χ4v) is 2.55. The van der Waals surface area contributed by atoms with E-state index in [1.807, 2.05) is 19.1 Å². The van der Waals surface area contributed by atoms with E-state index in [1.165, 1.54) is 0 Å². The van der Waals surface area contributed by atoms with Crippen LogP contribution in [0.25, 0.3) is 0 Å². The third kappa shape index (κ3) is 2.96. The molecule has 4 heteroatoms. The zero-order valence-electron chi connectivity index (χ0n) is 11.1. The van der Waals surface area contributed by atoms with Crippen LogP contribution in [-0.2, 0) is 9.53 Å². The molecule has 1 aliphatic carbocycles. The largest absolute Gasteiger partial charge is 0.454 e. The van der Waals surface area contributed by atoms with E-state index in [1.54, 1.807) is 0 Å². The first-order chi connectivity index (χ1) is 9.02. The molecular weight excluding hydrogens is 244 g/mol. The Labute approximate surface area is 113 Å². The lowest BCUT2D eigenvalue weighted by Gasteiger charge is -2.21. The highest BCUT2D eigenvalue weighted by Crippen LogP contribution is 2.34. The molecule has 0 unspecified atom stereocenters. The number of ether oxygens (including phenoxy) is 1. The Bertz CT molecular complexity index is 447. The number of carbonyl (C=O) groups is 1. The van der Waals surface area contributed by atoms with Crippen molar-refractivity contribution < 1.29 is 19.7 Å². The minimum atomic E-state index is -0.581. The first-order valence-corrected chi connectivity index (χ1v) is 6.58. The number of aliphatic hydroxyl groups excluding tert-OH is 2. The van der Waals surface area contributed by atoms with Gasteiger partial charge in [-0.05, 0) is 43.4 Å². The van der Waals surface area contributed by atoms with Crippen LogP contribution in [0.3, 0.4) is 0 Å². The molecule has 0 aromatic carbocycles. The number of allylic oxidation sites excluding steroid dienone is 1. The van der Waals surface area contributed by atoms with E-state index in [0.717, 1.165) is 17.6 Å². The number of hydrogen-bond acceptors (Lipinski definition) is 4. The van der Waals surface area contributed by atoms with Gasteiger partial charge in [-0.3, -0.25) is 0 Å². The molecule has 0 spiro atoms. The van der Waals surface area contributed by atoms with Gasteiger partial charge in [0.15, 0.2) is 0 Å². The van der Waals surface area contributed by atoms with E-state index in [-0.39, 0.29) is 12.5 Å². The van der Waals surface area contributed by atoms with Gasteiger partial charge in [0.1, 0.15) is 6.10 Å². The van der Waals surface area contributed by atoms with Crippen molar-refractivity contribution in [1.82, 2.24) is 0 Å². The third-order valence-electron chi connectivity index (χ3n) is 3.89. The lowest BCUT2D eigenvalue weighted by atomic mass is 9.86. The number of esters is 1.